The van der Waals surface area contributed by atoms with Crippen molar-refractivity contribution in [2.45, 2.75) is 13.5 Å². The summed E-state index contributed by atoms with van der Waals surface area (Å²) in [7, 11) is 1.61. The second kappa shape index (κ2) is 6.99. The highest BCUT2D eigenvalue weighted by molar-refractivity contribution is 6.30. The molecule has 110 valence electrons. The van der Waals surface area contributed by atoms with Crippen molar-refractivity contribution >= 4 is 28.9 Å². The number of anilines is 2. The molecule has 1 amide bonds. The third-order valence-corrected chi connectivity index (χ3v) is 3.17. The largest absolute Gasteiger partial charge is 0.495 e. The zero-order valence-corrected chi connectivity index (χ0v) is 12.7. The lowest BCUT2D eigenvalue weighted by atomic mass is 10.2. The van der Waals surface area contributed by atoms with E-state index in [9.17, 15) is 4.79 Å². The number of carbonyl (C=O) groups excluding carboxylic acids is 1. The number of ether oxygens (including phenoxy) is 1. The predicted molar refractivity (Wildman–Crippen MR) is 86.1 cm³/mol. The van der Waals surface area contributed by atoms with Crippen LogP contribution in [-0.2, 0) is 11.3 Å². The minimum atomic E-state index is -0.108. The van der Waals surface area contributed by atoms with Crippen molar-refractivity contribution in [3.05, 3.63) is 53.1 Å². The molecule has 5 heteroatoms. The van der Waals surface area contributed by atoms with E-state index < -0.39 is 0 Å². The molecule has 0 spiro atoms. The van der Waals surface area contributed by atoms with Crippen LogP contribution in [0.25, 0.3) is 0 Å². The van der Waals surface area contributed by atoms with Gasteiger partial charge in [-0.25, -0.2) is 0 Å². The van der Waals surface area contributed by atoms with Gasteiger partial charge >= 0.3 is 0 Å². The van der Waals surface area contributed by atoms with E-state index in [0.717, 1.165) is 22.7 Å². The van der Waals surface area contributed by atoms with Crippen LogP contribution in [0.15, 0.2) is 42.5 Å². The Morgan fingerprint density at radius 3 is 2.52 bits per heavy atom. The van der Waals surface area contributed by atoms with Crippen LogP contribution < -0.4 is 15.4 Å². The van der Waals surface area contributed by atoms with E-state index in [1.807, 2.05) is 36.4 Å². The van der Waals surface area contributed by atoms with E-state index in [-0.39, 0.29) is 5.91 Å². The molecular formula is C16H17ClN2O2. The number of hydrogen-bond acceptors (Lipinski definition) is 3. The fraction of sp³-hybridized carbons (Fsp3) is 0.188. The molecule has 2 rings (SSSR count). The molecule has 0 heterocycles. The first-order chi connectivity index (χ1) is 10.1. The fourth-order valence-electron chi connectivity index (χ4n) is 1.93. The second-order valence-corrected chi connectivity index (χ2v) is 5.01. The molecule has 0 radical (unpaired) electrons. The quantitative estimate of drug-likeness (QED) is 0.880. The van der Waals surface area contributed by atoms with E-state index >= 15 is 0 Å². The third-order valence-electron chi connectivity index (χ3n) is 2.92. The van der Waals surface area contributed by atoms with Gasteiger partial charge in [0.2, 0.25) is 5.91 Å². The van der Waals surface area contributed by atoms with Crippen molar-refractivity contribution in [1.82, 2.24) is 0 Å². The number of nitrogens with one attached hydrogen (secondary N) is 2. The van der Waals surface area contributed by atoms with E-state index in [2.05, 4.69) is 10.6 Å². The van der Waals surface area contributed by atoms with Crippen molar-refractivity contribution < 1.29 is 9.53 Å². The summed E-state index contributed by atoms with van der Waals surface area (Å²) in [5.74, 6) is 0.613. The number of hydrogen-bond donors (Lipinski definition) is 2. The van der Waals surface area contributed by atoms with Crippen molar-refractivity contribution in [2.75, 3.05) is 17.7 Å². The van der Waals surface area contributed by atoms with Crippen LogP contribution >= 0.6 is 11.6 Å². The summed E-state index contributed by atoms with van der Waals surface area (Å²) in [4.78, 5) is 11.1. The summed E-state index contributed by atoms with van der Waals surface area (Å²) in [5.41, 5.74) is 2.65. The van der Waals surface area contributed by atoms with Crippen LogP contribution in [0.2, 0.25) is 5.02 Å². The Morgan fingerprint density at radius 2 is 1.90 bits per heavy atom. The highest BCUT2D eigenvalue weighted by Crippen LogP contribution is 2.28. The standard InChI is InChI=1S/C16H17ClN2O2/c1-11(20)19-14-7-8-16(21-2)15(9-14)18-10-12-3-5-13(17)6-4-12/h3-9,18H,10H2,1-2H3,(H,19,20). The molecule has 0 aliphatic rings. The van der Waals surface area contributed by atoms with Gasteiger partial charge < -0.3 is 15.4 Å². The minimum Gasteiger partial charge on any atom is -0.495 e. The molecule has 2 N–H and O–H groups in total. The fourth-order valence-corrected chi connectivity index (χ4v) is 2.05. The molecule has 4 nitrogen and oxygen atoms in total. The predicted octanol–water partition coefficient (Wildman–Crippen LogP) is 3.92. The van der Waals surface area contributed by atoms with Gasteiger partial charge in [0.1, 0.15) is 5.75 Å². The Hall–Kier alpha value is -2.20. The maximum absolute atomic E-state index is 11.1. The minimum absolute atomic E-state index is 0.108. The molecule has 0 atom stereocenters. The number of rotatable bonds is 5. The number of amides is 1. The van der Waals surface area contributed by atoms with E-state index in [0.29, 0.717) is 11.6 Å². The molecular weight excluding hydrogens is 288 g/mol. The molecule has 0 unspecified atom stereocenters. The Morgan fingerprint density at radius 1 is 1.19 bits per heavy atom. The smallest absolute Gasteiger partial charge is 0.221 e. The average Bonchev–Trinajstić information content (AvgIpc) is 2.46. The number of benzene rings is 2. The molecule has 0 saturated carbocycles. The first-order valence-electron chi connectivity index (χ1n) is 6.52. The van der Waals surface area contributed by atoms with Crippen LogP contribution in [0.3, 0.4) is 0 Å². The summed E-state index contributed by atoms with van der Waals surface area (Å²) in [6.07, 6.45) is 0. The zero-order valence-electron chi connectivity index (χ0n) is 11.9. The molecule has 0 aromatic heterocycles. The highest BCUT2D eigenvalue weighted by atomic mass is 35.5. The molecule has 21 heavy (non-hydrogen) atoms. The maximum Gasteiger partial charge on any atom is 0.221 e. The van der Waals surface area contributed by atoms with E-state index in [4.69, 9.17) is 16.3 Å². The van der Waals surface area contributed by atoms with Gasteiger partial charge in [-0.15, -0.1) is 0 Å². The summed E-state index contributed by atoms with van der Waals surface area (Å²) in [5, 5.41) is 6.76. The Kier molecular flexibility index (Phi) is 5.06. The normalized spacial score (nSPS) is 10.0. The highest BCUT2D eigenvalue weighted by Gasteiger charge is 2.05. The number of halogens is 1. The maximum atomic E-state index is 11.1. The third kappa shape index (κ3) is 4.39. The van der Waals surface area contributed by atoms with Crippen molar-refractivity contribution in [3.8, 4) is 5.75 Å². The SMILES string of the molecule is COc1ccc(NC(C)=O)cc1NCc1ccc(Cl)cc1. The van der Waals surface area contributed by atoms with Gasteiger partial charge in [-0.05, 0) is 35.9 Å². The van der Waals surface area contributed by atoms with E-state index in [1.165, 1.54) is 6.92 Å². The Labute approximate surface area is 129 Å². The van der Waals surface area contributed by atoms with Gasteiger partial charge in [0.25, 0.3) is 0 Å². The van der Waals surface area contributed by atoms with Crippen LogP contribution in [0.1, 0.15) is 12.5 Å². The molecule has 0 bridgehead atoms. The zero-order chi connectivity index (χ0) is 15.2. The van der Waals surface area contributed by atoms with E-state index in [1.54, 1.807) is 13.2 Å². The summed E-state index contributed by atoms with van der Waals surface area (Å²) in [6, 6.07) is 13.1. The van der Waals surface area contributed by atoms with Crippen molar-refractivity contribution in [3.63, 3.8) is 0 Å². The topological polar surface area (TPSA) is 50.4 Å². The van der Waals surface area contributed by atoms with Crippen LogP contribution in [-0.4, -0.2) is 13.0 Å². The summed E-state index contributed by atoms with van der Waals surface area (Å²) in [6.45, 7) is 2.11. The van der Waals surface area contributed by atoms with Gasteiger partial charge in [0.15, 0.2) is 0 Å². The van der Waals surface area contributed by atoms with Crippen molar-refractivity contribution in [1.29, 1.82) is 0 Å². The second-order valence-electron chi connectivity index (χ2n) is 4.58. The van der Waals surface area contributed by atoms with Crippen LogP contribution in [0, 0.1) is 0 Å². The molecule has 0 saturated heterocycles. The molecule has 0 aliphatic heterocycles. The first kappa shape index (κ1) is 15.2. The average molecular weight is 305 g/mol. The van der Waals surface area contributed by atoms with Crippen molar-refractivity contribution in [2.24, 2.45) is 0 Å². The Balaban J connectivity index is 2.13. The molecule has 0 fully saturated rings. The lowest BCUT2D eigenvalue weighted by Crippen LogP contribution is -2.07. The summed E-state index contributed by atoms with van der Waals surface area (Å²) >= 11 is 5.87. The van der Waals surface area contributed by atoms with Crippen LogP contribution in [0.4, 0.5) is 11.4 Å². The molecule has 2 aromatic rings. The Bertz CT molecular complexity index is 627. The lowest BCUT2D eigenvalue weighted by Gasteiger charge is -2.13. The number of methoxy groups -OCH3 is 1. The van der Waals surface area contributed by atoms with Gasteiger partial charge in [-0.1, -0.05) is 23.7 Å². The number of carbonyl (C=O) groups is 1. The molecule has 0 aliphatic carbocycles. The lowest BCUT2D eigenvalue weighted by molar-refractivity contribution is -0.114. The summed E-state index contributed by atoms with van der Waals surface area (Å²) < 4.78 is 5.32. The van der Waals surface area contributed by atoms with Gasteiger partial charge in [-0.2, -0.15) is 0 Å². The van der Waals surface area contributed by atoms with Gasteiger partial charge in [0, 0.05) is 24.2 Å². The van der Waals surface area contributed by atoms with Gasteiger partial charge in [-0.3, -0.25) is 4.79 Å². The molecule has 2 aromatic carbocycles. The monoisotopic (exact) mass is 304 g/mol. The first-order valence-corrected chi connectivity index (χ1v) is 6.90. The van der Waals surface area contributed by atoms with Crippen LogP contribution in [0.5, 0.6) is 5.75 Å². The van der Waals surface area contributed by atoms with Gasteiger partial charge in [0.05, 0.1) is 12.8 Å².